The summed E-state index contributed by atoms with van der Waals surface area (Å²) in [5, 5.41) is 0. The number of fused-ring (bicyclic) bond motifs is 2. The zero-order valence-electron chi connectivity index (χ0n) is 23.2. The molecule has 19 nitrogen and oxygen atoms in total. The molecule has 6 heterocycles. The van der Waals surface area contributed by atoms with E-state index in [1.165, 1.54) is 35.2 Å². The van der Waals surface area contributed by atoms with Gasteiger partial charge < -0.3 is 39.4 Å². The van der Waals surface area contributed by atoms with Crippen molar-refractivity contribution in [3.8, 4) is 0 Å². The second-order valence-corrected chi connectivity index (χ2v) is 15.8. The molecule has 0 amide bonds. The second-order valence-electron chi connectivity index (χ2n) is 10.00. The monoisotopic (exact) mass is 708 g/mol. The number of halogens is 1. The summed E-state index contributed by atoms with van der Waals surface area (Å²) < 4.78 is 63.3. The van der Waals surface area contributed by atoms with Gasteiger partial charge in [0.05, 0.1) is 38.1 Å². The molecule has 6 N–H and O–H groups in total. The van der Waals surface area contributed by atoms with Crippen molar-refractivity contribution in [1.29, 1.82) is 0 Å². The van der Waals surface area contributed by atoms with Crippen molar-refractivity contribution < 1.29 is 41.4 Å². The van der Waals surface area contributed by atoms with Gasteiger partial charge >= 0.3 is 13.5 Å². The van der Waals surface area contributed by atoms with E-state index in [1.807, 2.05) is 0 Å². The minimum Gasteiger partial charge on any atom is -0.382 e. The van der Waals surface area contributed by atoms with Gasteiger partial charge in [-0.3, -0.25) is 23.4 Å². The number of imidazole rings is 2. The van der Waals surface area contributed by atoms with Gasteiger partial charge in [-0.25, -0.2) is 28.9 Å². The van der Waals surface area contributed by atoms with Crippen LogP contribution in [-0.4, -0.2) is 88.7 Å². The van der Waals surface area contributed by atoms with Gasteiger partial charge in [-0.05, 0) is 11.8 Å². The Bertz CT molecular complexity index is 1880. The lowest BCUT2D eigenvalue weighted by molar-refractivity contribution is -0.0493. The van der Waals surface area contributed by atoms with Crippen LogP contribution >= 0.6 is 25.8 Å². The Morgan fingerprint density at radius 3 is 2.51 bits per heavy atom. The molecule has 6 rings (SSSR count). The predicted octanol–water partition coefficient (Wildman–Crippen LogP) is 1.36. The predicted molar refractivity (Wildman–Crippen MR) is 161 cm³/mol. The van der Waals surface area contributed by atoms with Crippen molar-refractivity contribution in [2.75, 3.05) is 31.8 Å². The molecule has 0 radical (unpaired) electrons. The number of thiol groups is 1. The van der Waals surface area contributed by atoms with Crippen molar-refractivity contribution in [3.63, 3.8) is 0 Å². The van der Waals surface area contributed by atoms with Crippen LogP contribution in [0.5, 0.6) is 0 Å². The minimum absolute atomic E-state index is 0.0290. The van der Waals surface area contributed by atoms with Crippen LogP contribution in [0.15, 0.2) is 23.8 Å². The second kappa shape index (κ2) is 12.5. The van der Waals surface area contributed by atoms with Crippen molar-refractivity contribution >= 4 is 71.7 Å². The molecule has 0 aromatic carbocycles. The molecule has 0 aliphatic carbocycles. The number of aromatic amines is 1. The number of rotatable bonds is 11. The number of anilines is 2. The molecule has 0 bridgehead atoms. The number of nitrogen functional groups attached to an aromatic ring is 2. The van der Waals surface area contributed by atoms with E-state index in [2.05, 4.69) is 42.2 Å². The molecule has 2 saturated heterocycles. The van der Waals surface area contributed by atoms with Crippen LogP contribution in [0.2, 0.25) is 0 Å². The Labute approximate surface area is 262 Å². The molecule has 4 aromatic heterocycles. The van der Waals surface area contributed by atoms with Gasteiger partial charge in [0.1, 0.15) is 24.1 Å². The fourth-order valence-electron chi connectivity index (χ4n) is 5.01. The Hall–Kier alpha value is -2.62. The third-order valence-corrected chi connectivity index (χ3v) is 10.4. The zero-order valence-corrected chi connectivity index (χ0v) is 26.7. The molecule has 2 aliphatic rings. The highest BCUT2D eigenvalue weighted by molar-refractivity contribution is 8.44. The van der Waals surface area contributed by atoms with Gasteiger partial charge in [-0.1, -0.05) is 12.2 Å². The highest BCUT2D eigenvalue weighted by Crippen LogP contribution is 2.54. The van der Waals surface area contributed by atoms with Crippen molar-refractivity contribution in [1.82, 2.24) is 39.0 Å². The summed E-state index contributed by atoms with van der Waals surface area (Å²) in [5.41, 5.74) is 11.6. The van der Waals surface area contributed by atoms with E-state index in [9.17, 15) is 14.3 Å². The lowest BCUT2D eigenvalue weighted by atomic mass is 10.2. The summed E-state index contributed by atoms with van der Waals surface area (Å²) in [5.74, 6) is -0.0295. The topological polar surface area (TPSA) is 252 Å². The molecule has 2 unspecified atom stereocenters. The van der Waals surface area contributed by atoms with Crippen LogP contribution in [0.3, 0.4) is 0 Å². The first-order chi connectivity index (χ1) is 21.3. The van der Waals surface area contributed by atoms with Crippen molar-refractivity contribution in [2.24, 2.45) is 0 Å². The van der Waals surface area contributed by atoms with Gasteiger partial charge in [0, 0.05) is 20.0 Å². The standard InChI is InChI=1S/C21H27FN10O9P2S2/c1-36-42(34,44)37-5-10-3-12(20(40-10)32-8-28-14-17(32)29-21(24)30-18(14)33)41-43(35,45)38-4-9-2-11(22)19(39-9)31-7-27-13-15(23)25-6-26-16(13)31/h6-12,19-20H,2-5H2,1H3,(H,34,44)(H,35,45)(H2,23,25,26)(H3,24,29,30,33)/t9-,10-,11-,12-,19+,20+,42?,43?/m0/s1. The van der Waals surface area contributed by atoms with E-state index in [0.717, 1.165) is 0 Å². The number of alkyl halides is 1. The summed E-state index contributed by atoms with van der Waals surface area (Å²) in [6.45, 7) is -8.23. The number of ether oxygens (including phenoxy) is 2. The van der Waals surface area contributed by atoms with Gasteiger partial charge in [0.2, 0.25) is 5.95 Å². The summed E-state index contributed by atoms with van der Waals surface area (Å²) in [6, 6.07) is 0. The summed E-state index contributed by atoms with van der Waals surface area (Å²) in [4.78, 5) is 46.1. The minimum atomic E-state index is -4.03. The molecule has 45 heavy (non-hydrogen) atoms. The van der Waals surface area contributed by atoms with Crippen LogP contribution in [0.25, 0.3) is 22.3 Å². The molecule has 2 aliphatic heterocycles. The fraction of sp³-hybridized carbons (Fsp3) is 0.524. The molecular formula is C21H27FN10O9P2S2. The molecule has 0 saturated carbocycles. The van der Waals surface area contributed by atoms with Crippen LogP contribution in [0.1, 0.15) is 25.3 Å². The molecule has 0 spiro atoms. The number of hydrogen-bond acceptors (Lipinski definition) is 16. The molecular weight excluding hydrogens is 681 g/mol. The van der Waals surface area contributed by atoms with Crippen LogP contribution in [-0.2, 0) is 43.9 Å². The maximum atomic E-state index is 15.1. The first-order valence-electron chi connectivity index (χ1n) is 13.1. The number of nitrogens with one attached hydrogen (secondary N) is 1. The number of hydrogen-bond donors (Lipinski definition) is 5. The quantitative estimate of drug-likeness (QED) is 0.109. The van der Waals surface area contributed by atoms with Gasteiger partial charge in [0.15, 0.2) is 35.1 Å². The lowest BCUT2D eigenvalue weighted by Crippen LogP contribution is -2.23. The Morgan fingerprint density at radius 2 is 1.76 bits per heavy atom. The summed E-state index contributed by atoms with van der Waals surface area (Å²) in [6.07, 6.45) is -2.37. The average molecular weight is 709 g/mol. The van der Waals surface area contributed by atoms with Gasteiger partial charge in [-0.15, -0.1) is 0 Å². The first-order valence-corrected chi connectivity index (χ1v) is 18.4. The number of nitrogens with two attached hydrogens (primary N) is 2. The Balaban J connectivity index is 1.16. The van der Waals surface area contributed by atoms with E-state index in [1.54, 1.807) is 0 Å². The SMILES string of the molecule is COP(=O)(S)OC[C@@H]1C[C@H](OP(O)(=S)OC[C@@H]2C[C@H](F)[C@H](n3cnc4c(N)ncnc43)O2)[C@H](n2cnc3c(=O)[nH]c(N)nc32)O1. The maximum Gasteiger partial charge on any atom is 0.385 e. The highest BCUT2D eigenvalue weighted by atomic mass is 32.7. The third kappa shape index (κ3) is 6.77. The van der Waals surface area contributed by atoms with E-state index >= 15 is 4.39 Å². The molecule has 8 atom stereocenters. The zero-order chi connectivity index (χ0) is 32.1. The third-order valence-electron chi connectivity index (χ3n) is 7.01. The van der Waals surface area contributed by atoms with E-state index in [4.69, 9.17) is 50.8 Å². The van der Waals surface area contributed by atoms with Gasteiger partial charge in [-0.2, -0.15) is 4.98 Å². The smallest absolute Gasteiger partial charge is 0.382 e. The Kier molecular flexibility index (Phi) is 9.00. The number of nitrogens with zero attached hydrogens (tertiary/aromatic N) is 7. The number of aromatic nitrogens is 8. The van der Waals surface area contributed by atoms with E-state index in [0.29, 0.717) is 11.2 Å². The maximum absolute atomic E-state index is 15.1. The van der Waals surface area contributed by atoms with E-state index < -0.39 is 56.0 Å². The largest absolute Gasteiger partial charge is 0.385 e. The summed E-state index contributed by atoms with van der Waals surface area (Å²) >= 11 is 9.13. The van der Waals surface area contributed by atoms with E-state index in [-0.39, 0.29) is 49.0 Å². The normalized spacial score (nSPS) is 28.1. The lowest BCUT2D eigenvalue weighted by Gasteiger charge is -2.25. The number of H-pyrrole nitrogens is 1. The molecule has 2 fully saturated rings. The molecule has 4 aromatic rings. The first kappa shape index (κ1) is 32.3. The van der Waals surface area contributed by atoms with Crippen LogP contribution in [0.4, 0.5) is 16.2 Å². The van der Waals surface area contributed by atoms with Crippen molar-refractivity contribution in [3.05, 3.63) is 29.3 Å². The average Bonchev–Trinajstić information content (AvgIpc) is 3.76. The highest BCUT2D eigenvalue weighted by Gasteiger charge is 2.43. The Morgan fingerprint density at radius 1 is 1.09 bits per heavy atom. The molecule has 244 valence electrons. The fourth-order valence-corrected chi connectivity index (χ4v) is 7.13. The van der Waals surface area contributed by atoms with Crippen LogP contribution < -0.4 is 17.0 Å². The summed E-state index contributed by atoms with van der Waals surface area (Å²) in [7, 11) is 1.17. The van der Waals surface area contributed by atoms with Crippen LogP contribution in [0, 0.1) is 0 Å². The molecule has 24 heteroatoms. The van der Waals surface area contributed by atoms with Gasteiger partial charge in [0.25, 0.3) is 5.56 Å². The van der Waals surface area contributed by atoms with Crippen molar-refractivity contribution in [2.45, 2.75) is 49.8 Å².